The first-order valence-corrected chi connectivity index (χ1v) is 45.4. The molecular formula is C86H122Cl2N8O21S. The molecule has 15 rings (SSSR count). The molecule has 2 aromatic carbocycles. The van der Waals surface area contributed by atoms with Crippen molar-refractivity contribution in [1.29, 1.82) is 0 Å². The largest absolute Gasteiger partial charge is 0.512 e. The number of fused-ring (bicyclic) bond motifs is 13. The number of aliphatic hydroxyl groups is 7. The topological polar surface area (TPSA) is 484 Å². The van der Waals surface area contributed by atoms with Crippen LogP contribution in [0.2, 0.25) is 0 Å². The SMILES string of the molecule is CCCCCCCCCS(=O)(=O)NCCNCC1=C(O)CC2C(c3cc(ccc3O)[C@H]3CC(=O)[C@@H]4NC(=O)[C@H](CC(N)=O)CC(=O)[C@H](NC(=O)[C@H](CC)CC(C)C)[C@H](O)[C@H]5C=C[C@@H](Oc6cc4cc(c6O[C@@H]4C[C@H](CN)[C@@H](O)[C@H](O)[C@H]4O)O[C@@H]4CC[C@@H](C=C4Cl)[C@@H](O)[C@H](NC3=O)C(=O)N[C@@H]2C(=O)CC2C3CC4CC(C3)CC2C4)[C@H](Cl)C5)[C@H]1O. The number of nitrogens with one attached hydrogen (secondary N) is 6. The normalized spacial score (nSPS) is 35.2. The van der Waals surface area contributed by atoms with E-state index in [-0.39, 0.29) is 138 Å². The number of Topliss-reactive ketones (excluding diaryl/α,β-unsaturated/α-hetero) is 3. The number of unbranched alkanes of at least 4 members (excludes halogenated alkanes) is 6. The second-order valence-corrected chi connectivity index (χ2v) is 38.7. The molecule has 32 heteroatoms. The first-order chi connectivity index (χ1) is 56.2. The monoisotopic (exact) mass is 1700 g/mol. The number of hydrogen-bond acceptors (Lipinski definition) is 23. The number of ketones is 3. The molecule has 2 aromatic rings. The number of carbonyl (C=O) groups is 8. The van der Waals surface area contributed by atoms with Gasteiger partial charge in [-0.3, -0.25) is 38.4 Å². The van der Waals surface area contributed by atoms with Gasteiger partial charge < -0.3 is 93.1 Å². The zero-order valence-electron chi connectivity index (χ0n) is 67.8. The third-order valence-electron chi connectivity index (χ3n) is 27.1. The summed E-state index contributed by atoms with van der Waals surface area (Å²) in [5, 5.41) is 111. The highest BCUT2D eigenvalue weighted by atomic mass is 35.5. The number of rotatable bonds is 27. The summed E-state index contributed by atoms with van der Waals surface area (Å²) in [7, 11) is -3.69. The summed E-state index contributed by atoms with van der Waals surface area (Å²) in [5.74, 6) is -17.8. The quantitative estimate of drug-likeness (QED) is 0.0293. The van der Waals surface area contributed by atoms with Gasteiger partial charge in [-0.1, -0.05) is 102 Å². The first kappa shape index (κ1) is 90.4. The third kappa shape index (κ3) is 20.9. The van der Waals surface area contributed by atoms with Gasteiger partial charge in [0.2, 0.25) is 45.3 Å². The van der Waals surface area contributed by atoms with Crippen LogP contribution in [-0.4, -0.2) is 207 Å². The fourth-order valence-corrected chi connectivity index (χ4v) is 22.6. The maximum absolute atomic E-state index is 16.6. The van der Waals surface area contributed by atoms with Crippen LogP contribution in [0.5, 0.6) is 23.0 Å². The summed E-state index contributed by atoms with van der Waals surface area (Å²) in [6.07, 6.45) is -1.45. The van der Waals surface area contributed by atoms with Crippen molar-refractivity contribution >= 4 is 80.1 Å². The number of phenols is 1. The van der Waals surface area contributed by atoms with Crippen molar-refractivity contribution in [2.45, 2.75) is 272 Å². The highest BCUT2D eigenvalue weighted by Crippen LogP contribution is 2.58. The van der Waals surface area contributed by atoms with Crippen LogP contribution < -0.4 is 57.0 Å². The van der Waals surface area contributed by atoms with Crippen molar-refractivity contribution in [1.82, 2.24) is 31.3 Å². The van der Waals surface area contributed by atoms with E-state index < -0.39 is 220 Å². The number of alkyl halides is 1. The summed E-state index contributed by atoms with van der Waals surface area (Å²) in [6, 6.07) is -0.905. The number of halogens is 2. The minimum Gasteiger partial charge on any atom is -0.512 e. The Morgan fingerprint density at radius 3 is 2.08 bits per heavy atom. The number of phenolic OH excluding ortho intramolecular Hbond substituents is 1. The summed E-state index contributed by atoms with van der Waals surface area (Å²) in [4.78, 5) is 123. The molecular weight excluding hydrogens is 1580 g/mol. The molecule has 13 aliphatic rings. The van der Waals surface area contributed by atoms with E-state index in [1.54, 1.807) is 6.92 Å². The highest BCUT2D eigenvalue weighted by Gasteiger charge is 2.54. The van der Waals surface area contributed by atoms with Crippen LogP contribution >= 0.6 is 23.2 Å². The fourth-order valence-electron chi connectivity index (χ4n) is 20.8. The number of aromatic hydroxyl groups is 1. The van der Waals surface area contributed by atoms with Gasteiger partial charge in [0, 0.05) is 98.4 Å². The van der Waals surface area contributed by atoms with Gasteiger partial charge in [0.25, 0.3) is 0 Å². The Balaban J connectivity index is 0.993. The zero-order chi connectivity index (χ0) is 84.9. The number of amides is 5. The number of primary amides is 1. The molecule has 29 nitrogen and oxygen atoms in total. The average molecular weight is 1710 g/mol. The molecule has 5 heterocycles. The van der Waals surface area contributed by atoms with Gasteiger partial charge in [0.15, 0.2) is 28.8 Å². The van der Waals surface area contributed by atoms with E-state index in [9.17, 15) is 58.9 Å². The molecule has 5 aliphatic heterocycles. The third-order valence-corrected chi connectivity index (χ3v) is 29.4. The van der Waals surface area contributed by atoms with Crippen LogP contribution in [0.25, 0.3) is 0 Å². The molecule has 22 atom stereocenters. The van der Waals surface area contributed by atoms with Crippen molar-refractivity contribution < 1.29 is 102 Å². The molecule has 5 saturated carbocycles. The highest BCUT2D eigenvalue weighted by molar-refractivity contribution is 7.89. The summed E-state index contributed by atoms with van der Waals surface area (Å²) in [5.41, 5.74) is 11.7. The van der Waals surface area contributed by atoms with Crippen molar-refractivity contribution in [3.63, 3.8) is 0 Å². The van der Waals surface area contributed by atoms with Crippen LogP contribution in [0, 0.1) is 71.0 Å². The van der Waals surface area contributed by atoms with E-state index in [0.717, 1.165) is 70.6 Å². The Morgan fingerprint density at radius 2 is 1.42 bits per heavy atom. The maximum Gasteiger partial charge on any atom is 0.245 e. The maximum atomic E-state index is 16.6. The van der Waals surface area contributed by atoms with Crippen LogP contribution in [0.15, 0.2) is 64.9 Å². The van der Waals surface area contributed by atoms with E-state index in [2.05, 4.69) is 38.2 Å². The summed E-state index contributed by atoms with van der Waals surface area (Å²) < 4.78 is 49.6. The van der Waals surface area contributed by atoms with Crippen LogP contribution in [-0.2, 0) is 48.4 Å². The van der Waals surface area contributed by atoms with Gasteiger partial charge in [0.05, 0.1) is 64.2 Å². The number of aliphatic hydroxyl groups excluding tert-OH is 7. The van der Waals surface area contributed by atoms with Gasteiger partial charge in [-0.25, -0.2) is 13.1 Å². The second kappa shape index (κ2) is 39.6. The number of carbonyl (C=O) groups excluding carboxylic acids is 8. The minimum atomic E-state index is -3.69. The molecule has 0 radical (unpaired) electrons. The van der Waals surface area contributed by atoms with Gasteiger partial charge in [-0.15, -0.1) is 11.6 Å². The van der Waals surface area contributed by atoms with Gasteiger partial charge in [0.1, 0.15) is 54.4 Å². The molecule has 0 saturated heterocycles. The molecule has 8 aliphatic carbocycles. The van der Waals surface area contributed by atoms with Crippen molar-refractivity contribution in [3.05, 3.63) is 81.6 Å². The van der Waals surface area contributed by atoms with E-state index in [4.69, 9.17) is 48.9 Å². The molecule has 0 aromatic heterocycles. The number of nitrogens with two attached hydrogens (primary N) is 2. The Labute approximate surface area is 700 Å². The molecule has 2 unspecified atom stereocenters. The Morgan fingerprint density at radius 1 is 0.720 bits per heavy atom. The smallest absolute Gasteiger partial charge is 0.245 e. The van der Waals surface area contributed by atoms with E-state index in [0.29, 0.717) is 31.1 Å². The number of ether oxygens (including phenoxy) is 3. The van der Waals surface area contributed by atoms with E-state index in [1.165, 1.54) is 48.6 Å². The van der Waals surface area contributed by atoms with Crippen molar-refractivity contribution in [2.24, 2.45) is 82.5 Å². The van der Waals surface area contributed by atoms with Crippen molar-refractivity contribution in [2.75, 3.05) is 31.9 Å². The lowest BCUT2D eigenvalue weighted by Gasteiger charge is -2.54. The molecule has 15 bridgehead atoms. The van der Waals surface area contributed by atoms with Gasteiger partial charge in [-0.05, 0) is 155 Å². The first-order valence-electron chi connectivity index (χ1n) is 42.9. The Bertz CT molecular complexity index is 4170. The van der Waals surface area contributed by atoms with Gasteiger partial charge in [-0.2, -0.15) is 0 Å². The predicted octanol–water partition coefficient (Wildman–Crippen LogP) is 5.62. The van der Waals surface area contributed by atoms with Crippen molar-refractivity contribution in [3.8, 4) is 23.0 Å². The molecule has 5 amide bonds. The van der Waals surface area contributed by atoms with Gasteiger partial charge >= 0.3 is 0 Å². The van der Waals surface area contributed by atoms with E-state index >= 15 is 28.8 Å². The second-order valence-electron chi connectivity index (χ2n) is 35.8. The molecule has 118 heavy (non-hydrogen) atoms. The lowest BCUT2D eigenvalue weighted by molar-refractivity contribution is -0.149. The predicted molar refractivity (Wildman–Crippen MR) is 437 cm³/mol. The number of benzene rings is 2. The Kier molecular flexibility index (Phi) is 30.3. The van der Waals surface area contributed by atoms with Crippen LogP contribution in [0.3, 0.4) is 0 Å². The number of allylic oxidation sites excluding steroid dienone is 1. The molecule has 5 fully saturated rings. The van der Waals surface area contributed by atoms with Crippen LogP contribution in [0.4, 0.5) is 0 Å². The fraction of sp³-hybridized carbons (Fsp3) is 0.698. The number of hydrogen-bond donors (Lipinski definition) is 16. The summed E-state index contributed by atoms with van der Waals surface area (Å²) in [6.45, 7) is 7.27. The molecule has 18 N–H and O–H groups in total. The average Bonchev–Trinajstić information content (AvgIpc) is 0.753. The molecule has 0 spiro atoms. The van der Waals surface area contributed by atoms with E-state index in [1.807, 2.05) is 13.8 Å². The minimum absolute atomic E-state index is 0.00381. The number of sulfonamides is 1. The lowest BCUT2D eigenvalue weighted by Crippen LogP contribution is -2.61. The summed E-state index contributed by atoms with van der Waals surface area (Å²) >= 11 is 14.7. The zero-order valence-corrected chi connectivity index (χ0v) is 70.1. The Hall–Kier alpha value is -6.81. The lowest BCUT2D eigenvalue weighted by atomic mass is 9.51. The van der Waals surface area contributed by atoms with Crippen LogP contribution in [0.1, 0.15) is 210 Å². The standard InChI is InChI=1S/C86H122Cl2N8O21S/c1-5-7-8-9-10-11-12-21-118(113,114)92-20-19-91-40-57-61(98)38-56-71(79(57)106)55-28-45(13-16-60(55)97)54-37-63(100)72-50-32-68(115-65-17-14-46(29-58(65)87)76(103)74(95-83(109)44(6-2)22-41(3)4)62(99)31-51(35-70(90)102)84(110)93-72)82(117-67-34-52(39-89)78(105)81(108)80(67)107)69(33-50)116-66-18-15-47(30-59(66)88)77(104)75(96-85(54)111)86(112)94-73(56)64(101)36-53-48-24-42-23-43(26-48)27-49(53)25-42/h13-14,16-17,28,30,32-33,41-44,46-49,51-54,56,58,65-67,71-81,91-92,97-98,103-108H,5-12,15,18-27,29,31,34-40,89H2,1-4H3,(H2,90,102)(H,93,110)(H,94,112)(H,95,109)(H,96,111)/t42?,43?,44-,46+,47+,48?,49?,51+,52-,53?,54-,56?,58-,65-,66-,67-,71?,72-,73+,74+,75+,76-,77-,78-,79+,80+,81+/m1/s1. The molecule has 652 valence electrons.